The molecule has 5 nitrogen and oxygen atoms in total. The van der Waals surface area contributed by atoms with Gasteiger partial charge in [-0.25, -0.2) is 0 Å². The van der Waals surface area contributed by atoms with Crippen molar-refractivity contribution in [2.45, 2.75) is 12.3 Å². The molecule has 1 N–H and O–H groups in total. The lowest BCUT2D eigenvalue weighted by Gasteiger charge is -2.27. The molecule has 0 aromatic carbocycles. The first kappa shape index (κ1) is 16.5. The summed E-state index contributed by atoms with van der Waals surface area (Å²) >= 11 is 0. The molecule has 0 spiro atoms. The lowest BCUT2D eigenvalue weighted by atomic mass is 10.8. The third-order valence-corrected chi connectivity index (χ3v) is 9.44. The van der Waals surface area contributed by atoms with Gasteiger partial charge in [0.25, 0.3) is 0 Å². The van der Waals surface area contributed by atoms with Gasteiger partial charge in [-0.1, -0.05) is 6.92 Å². The highest BCUT2D eigenvalue weighted by atomic mass is 31.3. The molecule has 0 saturated heterocycles. The van der Waals surface area contributed by atoms with E-state index in [2.05, 4.69) is 4.31 Å². The maximum atomic E-state index is 13.4. The molecule has 2 unspecified atom stereocenters. The van der Waals surface area contributed by atoms with Gasteiger partial charge in [0.2, 0.25) is 7.57 Å². The first-order valence-electron chi connectivity index (χ1n) is 4.30. The molecule has 0 radical (unpaired) electrons. The number of halogens is 2. The first-order valence-corrected chi connectivity index (χ1v) is 10.7. The summed E-state index contributed by atoms with van der Waals surface area (Å²) < 4.78 is 64.7. The number of alkyl halides is 2. The van der Waals surface area contributed by atoms with Crippen molar-refractivity contribution < 1.29 is 31.7 Å². The lowest BCUT2D eigenvalue weighted by molar-refractivity contribution is 0.142. The minimum atomic E-state index is -5.51. The van der Waals surface area contributed by atoms with E-state index in [0.29, 0.717) is 13.3 Å². The summed E-state index contributed by atoms with van der Waals surface area (Å²) in [5.74, 6) is 0. The number of rotatable bonds is 5. The van der Waals surface area contributed by atoms with Crippen LogP contribution >= 0.6 is 22.0 Å². The third-order valence-electron chi connectivity index (χ3n) is 1.85. The van der Waals surface area contributed by atoms with Gasteiger partial charge in [-0.05, 0) is 13.3 Å². The largest absolute Gasteiger partial charge is 0.409 e. The van der Waals surface area contributed by atoms with Crippen LogP contribution in [-0.2, 0) is 18.0 Å². The molecular weight excluding hydrogens is 282 g/mol. The lowest BCUT2D eigenvalue weighted by Crippen LogP contribution is -2.17. The van der Waals surface area contributed by atoms with Crippen molar-refractivity contribution in [2.24, 2.45) is 0 Å². The van der Waals surface area contributed by atoms with Crippen molar-refractivity contribution in [1.29, 1.82) is 0 Å². The molecule has 0 fully saturated rings. The standard InChI is InChI=1S/C5H14BF2O5P3/c1-4-15(6,10)13-16(11,12)5(7,8)14(2,3)9/h4,6H2,1-3H3,(H,11,12). The fraction of sp³-hybridized carbons (Fsp3) is 1.00. The summed E-state index contributed by atoms with van der Waals surface area (Å²) in [6, 6.07) is 0. The van der Waals surface area contributed by atoms with Crippen LogP contribution in [0.1, 0.15) is 6.92 Å². The van der Waals surface area contributed by atoms with Crippen LogP contribution < -0.4 is 0 Å². The molecule has 2 atom stereocenters. The van der Waals surface area contributed by atoms with Crippen molar-refractivity contribution in [2.75, 3.05) is 19.5 Å². The fourth-order valence-corrected chi connectivity index (χ4v) is 6.14. The molecule has 0 bridgehead atoms. The average Bonchev–Trinajstić information content (AvgIpc) is 2.00. The van der Waals surface area contributed by atoms with Gasteiger partial charge in [0, 0.05) is 6.16 Å². The summed E-state index contributed by atoms with van der Waals surface area (Å²) in [5.41, 5.74) is 0. The Hall–Kier alpha value is 0.535. The first-order chi connectivity index (χ1) is 6.77. The SMILES string of the molecule is BP(=O)(CC)OP(=O)(O)C(F)(F)P(C)(C)=O. The van der Waals surface area contributed by atoms with E-state index < -0.39 is 27.4 Å². The van der Waals surface area contributed by atoms with E-state index in [1.54, 1.807) is 0 Å². The van der Waals surface area contributed by atoms with Crippen LogP contribution in [0, 0.1) is 0 Å². The van der Waals surface area contributed by atoms with E-state index in [0.717, 1.165) is 7.57 Å². The van der Waals surface area contributed by atoms with Gasteiger partial charge in [0.1, 0.15) is 0 Å². The van der Waals surface area contributed by atoms with Gasteiger partial charge >= 0.3 is 13.0 Å². The summed E-state index contributed by atoms with van der Waals surface area (Å²) in [5, 5.41) is -4.39. The maximum Gasteiger partial charge on any atom is 0.409 e. The van der Waals surface area contributed by atoms with Crippen LogP contribution in [0.2, 0.25) is 0 Å². The summed E-state index contributed by atoms with van der Waals surface area (Å²) in [6.45, 7) is 2.72. The Bertz CT molecular complexity index is 405. The van der Waals surface area contributed by atoms with Crippen molar-refractivity contribution in [3.8, 4) is 0 Å². The Balaban J connectivity index is 5.32. The molecule has 0 rings (SSSR count). The minimum absolute atomic E-state index is 0.161. The van der Waals surface area contributed by atoms with Crippen LogP contribution in [0.15, 0.2) is 0 Å². The van der Waals surface area contributed by atoms with Gasteiger partial charge in [0.05, 0.1) is 0 Å². The highest BCUT2D eigenvalue weighted by molar-refractivity contribution is 7.89. The van der Waals surface area contributed by atoms with Gasteiger partial charge < -0.3 is 14.0 Å². The van der Waals surface area contributed by atoms with Gasteiger partial charge in [-0.2, -0.15) is 8.78 Å². The van der Waals surface area contributed by atoms with Crippen LogP contribution in [0.3, 0.4) is 0 Å². The topological polar surface area (TPSA) is 80.7 Å². The molecule has 0 saturated carbocycles. The molecule has 16 heavy (non-hydrogen) atoms. The predicted molar refractivity (Wildman–Crippen MR) is 62.0 cm³/mol. The average molecular weight is 296 g/mol. The zero-order valence-electron chi connectivity index (χ0n) is 9.38. The van der Waals surface area contributed by atoms with E-state index in [-0.39, 0.29) is 6.16 Å². The van der Waals surface area contributed by atoms with E-state index in [9.17, 15) is 22.5 Å². The molecule has 0 amide bonds. The van der Waals surface area contributed by atoms with Crippen molar-refractivity contribution in [1.82, 2.24) is 0 Å². The quantitative estimate of drug-likeness (QED) is 0.621. The zero-order valence-corrected chi connectivity index (χ0v) is 12.1. The van der Waals surface area contributed by atoms with Crippen LogP contribution in [0.5, 0.6) is 0 Å². The van der Waals surface area contributed by atoms with Crippen LogP contribution in [0.4, 0.5) is 8.78 Å². The van der Waals surface area contributed by atoms with Crippen molar-refractivity contribution in [3.63, 3.8) is 0 Å². The zero-order chi connectivity index (χ0) is 13.4. The fourth-order valence-electron chi connectivity index (χ4n) is 0.645. The van der Waals surface area contributed by atoms with Gasteiger partial charge in [0.15, 0.2) is 14.4 Å². The van der Waals surface area contributed by atoms with E-state index in [1.165, 1.54) is 6.92 Å². The molecule has 0 aromatic rings. The number of hydrogen-bond donors (Lipinski definition) is 1. The smallest absolute Gasteiger partial charge is 0.320 e. The maximum absolute atomic E-state index is 13.4. The summed E-state index contributed by atoms with van der Waals surface area (Å²) in [7, 11) is -12.3. The normalized spacial score (nSPS) is 21.1. The molecule has 96 valence electrons. The Kier molecular flexibility index (Phi) is 4.82. The van der Waals surface area contributed by atoms with E-state index >= 15 is 0 Å². The Morgan fingerprint density at radius 2 is 1.69 bits per heavy atom. The molecule has 0 aromatic heterocycles. The Morgan fingerprint density at radius 1 is 1.31 bits per heavy atom. The highest BCUT2D eigenvalue weighted by Crippen LogP contribution is 2.77. The molecule has 0 aliphatic carbocycles. The minimum Gasteiger partial charge on any atom is -0.320 e. The summed E-state index contributed by atoms with van der Waals surface area (Å²) in [4.78, 5) is 9.08. The second kappa shape index (κ2) is 4.66. The third kappa shape index (κ3) is 3.51. The Labute approximate surface area is 93.7 Å². The molecular formula is C5H14BF2O5P3. The molecule has 0 aliphatic heterocycles. The Morgan fingerprint density at radius 3 is 1.94 bits per heavy atom. The van der Waals surface area contributed by atoms with Gasteiger partial charge in [-0.3, -0.25) is 8.88 Å². The molecule has 0 aliphatic rings. The van der Waals surface area contributed by atoms with Crippen LogP contribution in [0.25, 0.3) is 0 Å². The van der Waals surface area contributed by atoms with E-state index in [1.807, 2.05) is 0 Å². The van der Waals surface area contributed by atoms with Gasteiger partial charge in [-0.15, -0.1) is 0 Å². The van der Waals surface area contributed by atoms with Crippen molar-refractivity contribution in [3.05, 3.63) is 0 Å². The highest BCUT2D eigenvalue weighted by Gasteiger charge is 2.61. The van der Waals surface area contributed by atoms with Crippen LogP contribution in [-0.4, -0.2) is 37.4 Å². The second-order valence-corrected chi connectivity index (χ2v) is 12.3. The number of hydrogen-bond acceptors (Lipinski definition) is 4. The predicted octanol–water partition coefficient (Wildman–Crippen LogP) is 2.21. The van der Waals surface area contributed by atoms with Crippen molar-refractivity contribution >= 4 is 29.6 Å². The van der Waals surface area contributed by atoms with E-state index in [4.69, 9.17) is 4.89 Å². The monoisotopic (exact) mass is 296 g/mol. The second-order valence-electron chi connectivity index (χ2n) is 3.79. The molecule has 11 heteroatoms. The molecule has 0 heterocycles. The summed E-state index contributed by atoms with van der Waals surface area (Å²) in [6.07, 6.45) is -0.161.